The average molecular weight is 486 g/mol. The molecule has 1 aromatic heterocycles. The molecule has 2 fully saturated rings. The molecule has 0 spiro atoms. The molecule has 34 heavy (non-hydrogen) atoms. The molecule has 0 N–H and O–H groups in total. The fraction of sp³-hybridized carbons (Fsp3) is 0.500. The summed E-state index contributed by atoms with van der Waals surface area (Å²) in [7, 11) is 0. The smallest absolute Gasteiger partial charge is 0.306 e. The van der Waals surface area contributed by atoms with Crippen LogP contribution in [-0.2, 0) is 27.3 Å². The lowest BCUT2D eigenvalue weighted by atomic mass is 9.93. The van der Waals surface area contributed by atoms with Crippen LogP contribution in [0.4, 0.5) is 4.39 Å². The van der Waals surface area contributed by atoms with E-state index in [1.165, 1.54) is 6.07 Å². The number of Topliss-reactive ketones (excluding diaryl/α,β-unsaturated/α-hetero) is 1. The second-order valence-corrected chi connectivity index (χ2v) is 9.65. The van der Waals surface area contributed by atoms with E-state index in [4.69, 9.17) is 17.4 Å². The largest absolute Gasteiger partial charge is 0.466 e. The van der Waals surface area contributed by atoms with E-state index in [1.54, 1.807) is 31.3 Å². The van der Waals surface area contributed by atoms with Gasteiger partial charge in [-0.25, -0.2) is 4.39 Å². The summed E-state index contributed by atoms with van der Waals surface area (Å²) in [6, 6.07) is 6.07. The molecule has 4 rings (SSSR count). The first-order valence-corrected chi connectivity index (χ1v) is 12.5. The van der Waals surface area contributed by atoms with Crippen molar-refractivity contribution in [2.45, 2.75) is 56.9 Å². The number of carbonyl (C=O) groups is 2. The van der Waals surface area contributed by atoms with Gasteiger partial charge in [0.15, 0.2) is 5.78 Å². The lowest BCUT2D eigenvalue weighted by molar-refractivity contribution is -0.143. The second kappa shape index (κ2) is 11.3. The molecule has 1 aromatic carbocycles. The minimum atomic E-state index is -0.558. The van der Waals surface area contributed by atoms with Crippen molar-refractivity contribution in [3.05, 3.63) is 65.3 Å². The molecule has 2 heterocycles. The van der Waals surface area contributed by atoms with Crippen molar-refractivity contribution in [2.24, 2.45) is 5.92 Å². The van der Waals surface area contributed by atoms with E-state index < -0.39 is 6.04 Å². The van der Waals surface area contributed by atoms with Crippen molar-refractivity contribution in [1.82, 2.24) is 14.7 Å². The number of hydrogen-bond donors (Lipinski definition) is 1. The molecule has 2 atom stereocenters. The van der Waals surface area contributed by atoms with Gasteiger partial charge in [-0.05, 0) is 49.8 Å². The Balaban J connectivity index is 1.44. The van der Waals surface area contributed by atoms with Gasteiger partial charge in [0.05, 0.1) is 25.4 Å². The summed E-state index contributed by atoms with van der Waals surface area (Å²) in [6.45, 7) is 4.02. The zero-order chi connectivity index (χ0) is 24.1. The van der Waals surface area contributed by atoms with Crippen LogP contribution in [0, 0.1) is 11.7 Å². The topological polar surface area (TPSA) is 64.4 Å². The predicted molar refractivity (Wildman–Crippen MR) is 131 cm³/mol. The second-order valence-electron chi connectivity index (χ2n) is 9.03. The third-order valence-electron chi connectivity index (χ3n) is 6.47. The van der Waals surface area contributed by atoms with Crippen LogP contribution in [0.25, 0.3) is 0 Å². The Kier molecular flexibility index (Phi) is 8.21. The van der Waals surface area contributed by atoms with Crippen molar-refractivity contribution in [1.29, 1.82) is 0 Å². The summed E-state index contributed by atoms with van der Waals surface area (Å²) in [4.78, 5) is 26.9. The molecular formula is C26H32FN3O3S. The fourth-order valence-corrected chi connectivity index (χ4v) is 4.76. The number of ether oxygens (including phenoxy) is 1. The van der Waals surface area contributed by atoms with Crippen LogP contribution in [0.1, 0.15) is 49.8 Å². The SMILES string of the molecule is CCOC(=O)CCc1cnn(C/C=C2/CN(C(C(=O)C3CC3)c3ccccc3F)CCC2S)c1. The van der Waals surface area contributed by atoms with E-state index >= 15 is 0 Å². The number of piperidine rings is 1. The van der Waals surface area contributed by atoms with Crippen LogP contribution in [0.15, 0.2) is 48.3 Å². The maximum absolute atomic E-state index is 14.7. The maximum atomic E-state index is 14.7. The Bertz CT molecular complexity index is 1050. The molecule has 182 valence electrons. The molecule has 1 saturated carbocycles. The number of ketones is 1. The van der Waals surface area contributed by atoms with Gasteiger partial charge in [-0.1, -0.05) is 24.3 Å². The predicted octanol–water partition coefficient (Wildman–Crippen LogP) is 4.17. The van der Waals surface area contributed by atoms with Crippen LogP contribution in [-0.4, -0.2) is 51.4 Å². The summed E-state index contributed by atoms with van der Waals surface area (Å²) < 4.78 is 21.5. The van der Waals surface area contributed by atoms with Crippen LogP contribution < -0.4 is 0 Å². The number of allylic oxidation sites excluding steroid dienone is 1. The van der Waals surface area contributed by atoms with Crippen molar-refractivity contribution in [3.8, 4) is 0 Å². The fourth-order valence-electron chi connectivity index (χ4n) is 4.46. The molecule has 1 aliphatic heterocycles. The molecule has 0 bridgehead atoms. The van der Waals surface area contributed by atoms with Crippen LogP contribution in [0.2, 0.25) is 0 Å². The number of aryl methyl sites for hydroxylation is 1. The van der Waals surface area contributed by atoms with Gasteiger partial charge in [-0.15, -0.1) is 0 Å². The zero-order valence-electron chi connectivity index (χ0n) is 19.5. The summed E-state index contributed by atoms with van der Waals surface area (Å²) in [5.41, 5.74) is 2.56. The van der Waals surface area contributed by atoms with Crippen LogP contribution in [0.5, 0.6) is 0 Å². The highest BCUT2D eigenvalue weighted by atomic mass is 32.1. The average Bonchev–Trinajstić information content (AvgIpc) is 3.58. The molecule has 2 unspecified atom stereocenters. The number of esters is 1. The van der Waals surface area contributed by atoms with Gasteiger partial charge in [0, 0.05) is 42.4 Å². The van der Waals surface area contributed by atoms with E-state index in [-0.39, 0.29) is 28.7 Å². The van der Waals surface area contributed by atoms with Gasteiger partial charge in [0.25, 0.3) is 0 Å². The van der Waals surface area contributed by atoms with Crippen molar-refractivity contribution in [3.63, 3.8) is 0 Å². The van der Waals surface area contributed by atoms with Gasteiger partial charge >= 0.3 is 5.97 Å². The highest BCUT2D eigenvalue weighted by Crippen LogP contribution is 2.39. The Hall–Kier alpha value is -2.45. The van der Waals surface area contributed by atoms with E-state index in [9.17, 15) is 14.0 Å². The van der Waals surface area contributed by atoms with Gasteiger partial charge in [-0.3, -0.25) is 19.2 Å². The molecule has 8 heteroatoms. The number of thiol groups is 1. The summed E-state index contributed by atoms with van der Waals surface area (Å²) in [5, 5.41) is 4.49. The highest BCUT2D eigenvalue weighted by Gasteiger charge is 2.40. The minimum absolute atomic E-state index is 0.0443. The molecular weight excluding hydrogens is 453 g/mol. The maximum Gasteiger partial charge on any atom is 0.306 e. The number of halogens is 1. The van der Waals surface area contributed by atoms with Gasteiger partial charge in [0.2, 0.25) is 0 Å². The van der Waals surface area contributed by atoms with Gasteiger partial charge in [0.1, 0.15) is 5.82 Å². The first-order chi connectivity index (χ1) is 16.5. The molecule has 0 radical (unpaired) electrons. The Morgan fingerprint density at radius 2 is 2.09 bits per heavy atom. The summed E-state index contributed by atoms with van der Waals surface area (Å²) in [6.07, 6.45) is 9.32. The monoisotopic (exact) mass is 485 g/mol. The third-order valence-corrected chi connectivity index (χ3v) is 7.06. The Morgan fingerprint density at radius 3 is 2.82 bits per heavy atom. The molecule has 2 aromatic rings. The van der Waals surface area contributed by atoms with Crippen LogP contribution >= 0.6 is 12.6 Å². The number of nitrogens with zero attached hydrogens (tertiary/aromatic N) is 3. The number of aromatic nitrogens is 2. The zero-order valence-corrected chi connectivity index (χ0v) is 20.4. The number of benzene rings is 1. The van der Waals surface area contributed by atoms with E-state index in [2.05, 4.69) is 16.1 Å². The molecule has 2 aliphatic rings. The van der Waals surface area contributed by atoms with Crippen molar-refractivity contribution >= 4 is 24.4 Å². The normalized spacial score (nSPS) is 20.9. The first-order valence-electron chi connectivity index (χ1n) is 12.0. The number of carbonyl (C=O) groups excluding carboxylic acids is 2. The summed E-state index contributed by atoms with van der Waals surface area (Å²) >= 11 is 4.77. The Morgan fingerprint density at radius 1 is 1.29 bits per heavy atom. The molecule has 1 saturated heterocycles. The molecule has 1 aliphatic carbocycles. The van der Waals surface area contributed by atoms with Gasteiger partial charge in [-0.2, -0.15) is 17.7 Å². The highest BCUT2D eigenvalue weighted by molar-refractivity contribution is 7.81. The molecule has 0 amide bonds. The number of hydrogen-bond acceptors (Lipinski definition) is 6. The van der Waals surface area contributed by atoms with Crippen molar-refractivity contribution in [2.75, 3.05) is 19.7 Å². The minimum Gasteiger partial charge on any atom is -0.466 e. The number of rotatable bonds is 10. The third kappa shape index (κ3) is 6.16. The standard InChI is InChI=1S/C26H32FN3O3S/c1-2-33-24(31)10-7-18-15-28-30(16-18)14-11-20-17-29(13-12-23(20)34)25(26(32)19-8-9-19)21-5-3-4-6-22(21)27/h3-6,11,15-16,19,23,25,34H,2,7-10,12-14,17H2,1H3/b20-11-. The van der Waals surface area contributed by atoms with E-state index in [1.807, 2.05) is 10.9 Å². The van der Waals surface area contributed by atoms with Crippen molar-refractivity contribution < 1.29 is 18.7 Å². The first kappa shape index (κ1) is 24.7. The van der Waals surface area contributed by atoms with Gasteiger partial charge < -0.3 is 4.74 Å². The van der Waals surface area contributed by atoms with Crippen LogP contribution in [0.3, 0.4) is 0 Å². The summed E-state index contributed by atoms with van der Waals surface area (Å²) in [5.74, 6) is -0.363. The lowest BCUT2D eigenvalue weighted by Gasteiger charge is -2.37. The van der Waals surface area contributed by atoms with E-state index in [0.29, 0.717) is 44.6 Å². The lowest BCUT2D eigenvalue weighted by Crippen LogP contribution is -2.42. The number of likely N-dealkylation sites (tertiary alicyclic amines) is 1. The Labute approximate surface area is 205 Å². The van der Waals surface area contributed by atoms with E-state index in [0.717, 1.165) is 30.4 Å². The molecule has 6 nitrogen and oxygen atoms in total. The quantitative estimate of drug-likeness (QED) is 0.311.